The third-order valence-electron chi connectivity index (χ3n) is 3.96. The van der Waals surface area contributed by atoms with Crippen LogP contribution in [0.3, 0.4) is 0 Å². The summed E-state index contributed by atoms with van der Waals surface area (Å²) in [5.41, 5.74) is -0.0334. The van der Waals surface area contributed by atoms with Crippen LogP contribution in [0.2, 0.25) is 5.02 Å². The third-order valence-corrected chi connectivity index (χ3v) is 4.29. The first-order valence-electron chi connectivity index (χ1n) is 8.45. The Bertz CT molecular complexity index is 893. The highest BCUT2D eigenvalue weighted by Gasteiger charge is 2.32. The average molecular weight is 396 g/mol. The van der Waals surface area contributed by atoms with Gasteiger partial charge in [0, 0.05) is 16.7 Å². The van der Waals surface area contributed by atoms with Crippen molar-refractivity contribution in [2.75, 3.05) is 26.4 Å². The smallest absolute Gasteiger partial charge is 0.405 e. The summed E-state index contributed by atoms with van der Waals surface area (Å²) < 4.78 is 21.1. The number of rotatable bonds is 5. The van der Waals surface area contributed by atoms with Gasteiger partial charge in [-0.05, 0) is 26.0 Å². The minimum atomic E-state index is -0.915. The molecule has 1 aliphatic rings. The number of carbonyl (C=O) groups excluding carboxylic acids is 2. The second-order valence-electron chi connectivity index (χ2n) is 5.65. The van der Waals surface area contributed by atoms with E-state index in [1.54, 1.807) is 13.8 Å². The lowest BCUT2D eigenvalue weighted by Gasteiger charge is -2.15. The van der Waals surface area contributed by atoms with E-state index in [0.717, 1.165) is 0 Å². The Kier molecular flexibility index (Phi) is 5.79. The summed E-state index contributed by atoms with van der Waals surface area (Å²) in [6, 6.07) is 4.39. The molecular formula is C18H18ClNO7. The Morgan fingerprint density at radius 3 is 2.41 bits per heavy atom. The van der Waals surface area contributed by atoms with Crippen LogP contribution in [0.1, 0.15) is 46.5 Å². The molecule has 0 unspecified atom stereocenters. The van der Waals surface area contributed by atoms with Gasteiger partial charge in [-0.3, -0.25) is 0 Å². The average Bonchev–Trinajstić information content (AvgIpc) is 3.15. The van der Waals surface area contributed by atoms with E-state index in [2.05, 4.69) is 0 Å². The number of benzene rings is 1. The van der Waals surface area contributed by atoms with E-state index in [-0.39, 0.29) is 24.3 Å². The highest BCUT2D eigenvalue weighted by molar-refractivity contribution is 6.32. The molecule has 1 aromatic heterocycles. The van der Waals surface area contributed by atoms with Crippen LogP contribution in [-0.4, -0.2) is 38.4 Å². The monoisotopic (exact) mass is 395 g/mol. The van der Waals surface area contributed by atoms with Gasteiger partial charge >= 0.3 is 17.6 Å². The SMILES string of the molecule is CCOC(=O)c1cc2cc(Cl)c(C3OCCO3)cc2[n+]([O-])c1C(=O)OCC. The number of hydrogen-bond acceptors (Lipinski definition) is 7. The van der Waals surface area contributed by atoms with Crippen LogP contribution in [0.15, 0.2) is 18.2 Å². The standard InChI is InChI=1S/C18H18ClNO7/c1-3-24-16(21)12-7-10-8-13(19)11(18-26-5-6-27-18)9-14(10)20(23)15(12)17(22)25-4-2/h7-9,18H,3-6H2,1-2H3. The Morgan fingerprint density at radius 1 is 1.15 bits per heavy atom. The van der Waals surface area contributed by atoms with Crippen molar-refractivity contribution in [1.29, 1.82) is 0 Å². The summed E-state index contributed by atoms with van der Waals surface area (Å²) in [7, 11) is 0. The zero-order chi connectivity index (χ0) is 19.6. The number of esters is 2. The summed E-state index contributed by atoms with van der Waals surface area (Å²) in [6.45, 7) is 4.19. The molecule has 0 aliphatic carbocycles. The normalized spacial score (nSPS) is 14.5. The number of fused-ring (bicyclic) bond motifs is 1. The number of aromatic nitrogens is 1. The van der Waals surface area contributed by atoms with Crippen molar-refractivity contribution in [1.82, 2.24) is 0 Å². The van der Waals surface area contributed by atoms with E-state index in [1.165, 1.54) is 18.2 Å². The minimum Gasteiger partial charge on any atom is -0.618 e. The second-order valence-corrected chi connectivity index (χ2v) is 6.06. The van der Waals surface area contributed by atoms with Crippen LogP contribution < -0.4 is 4.73 Å². The molecule has 1 aliphatic heterocycles. The molecule has 2 heterocycles. The quantitative estimate of drug-likeness (QED) is 0.435. The van der Waals surface area contributed by atoms with Crippen molar-refractivity contribution in [2.45, 2.75) is 20.1 Å². The largest absolute Gasteiger partial charge is 0.618 e. The minimum absolute atomic E-state index is 0.0504. The number of hydrogen-bond donors (Lipinski definition) is 0. The maximum atomic E-state index is 12.9. The molecule has 0 radical (unpaired) electrons. The van der Waals surface area contributed by atoms with Crippen LogP contribution in [0, 0.1) is 5.21 Å². The molecular weight excluding hydrogens is 378 g/mol. The van der Waals surface area contributed by atoms with E-state index < -0.39 is 23.9 Å². The van der Waals surface area contributed by atoms with Gasteiger partial charge in [0.05, 0.1) is 31.8 Å². The lowest BCUT2D eigenvalue weighted by atomic mass is 10.1. The summed E-state index contributed by atoms with van der Waals surface area (Å²) >= 11 is 6.30. The van der Waals surface area contributed by atoms with Gasteiger partial charge in [0.1, 0.15) is 5.56 Å². The van der Waals surface area contributed by atoms with Gasteiger partial charge in [-0.1, -0.05) is 11.6 Å². The molecule has 0 N–H and O–H groups in total. The van der Waals surface area contributed by atoms with Gasteiger partial charge in [0.2, 0.25) is 5.52 Å². The molecule has 3 rings (SSSR count). The van der Waals surface area contributed by atoms with Crippen molar-refractivity contribution >= 4 is 34.4 Å². The van der Waals surface area contributed by atoms with Gasteiger partial charge in [-0.2, -0.15) is 4.73 Å². The fraction of sp³-hybridized carbons (Fsp3) is 0.389. The molecule has 0 bridgehead atoms. The highest BCUT2D eigenvalue weighted by Crippen LogP contribution is 2.33. The summed E-state index contributed by atoms with van der Waals surface area (Å²) in [5, 5.41) is 13.6. The van der Waals surface area contributed by atoms with E-state index in [4.69, 9.17) is 30.5 Å². The van der Waals surface area contributed by atoms with Gasteiger partial charge < -0.3 is 24.2 Å². The zero-order valence-corrected chi connectivity index (χ0v) is 15.6. The summed E-state index contributed by atoms with van der Waals surface area (Å²) in [5.74, 6) is -1.71. The maximum absolute atomic E-state index is 12.9. The number of ether oxygens (including phenoxy) is 4. The first-order chi connectivity index (χ1) is 13.0. The molecule has 8 nitrogen and oxygen atoms in total. The van der Waals surface area contributed by atoms with Crippen molar-refractivity contribution in [3.8, 4) is 0 Å². The van der Waals surface area contributed by atoms with Gasteiger partial charge in [-0.25, -0.2) is 9.59 Å². The molecule has 0 amide bonds. The highest BCUT2D eigenvalue weighted by atomic mass is 35.5. The molecule has 1 saturated heterocycles. The van der Waals surface area contributed by atoms with Crippen LogP contribution >= 0.6 is 11.6 Å². The molecule has 0 saturated carbocycles. The van der Waals surface area contributed by atoms with Gasteiger partial charge in [-0.15, -0.1) is 0 Å². The summed E-state index contributed by atoms with van der Waals surface area (Å²) in [6.07, 6.45) is -0.697. The molecule has 1 aromatic carbocycles. The van der Waals surface area contributed by atoms with Crippen molar-refractivity contribution in [2.24, 2.45) is 0 Å². The third kappa shape index (κ3) is 3.69. The number of halogens is 1. The topological polar surface area (TPSA) is 98.0 Å². The van der Waals surface area contributed by atoms with Crippen LogP contribution in [0.5, 0.6) is 0 Å². The molecule has 9 heteroatoms. The zero-order valence-electron chi connectivity index (χ0n) is 14.8. The molecule has 144 valence electrons. The van der Waals surface area contributed by atoms with E-state index in [0.29, 0.717) is 33.9 Å². The first-order valence-corrected chi connectivity index (χ1v) is 8.82. The fourth-order valence-corrected chi connectivity index (χ4v) is 3.08. The lowest BCUT2D eigenvalue weighted by molar-refractivity contribution is -0.580. The van der Waals surface area contributed by atoms with Crippen LogP contribution in [0.4, 0.5) is 0 Å². The number of pyridine rings is 1. The summed E-state index contributed by atoms with van der Waals surface area (Å²) in [4.78, 5) is 24.6. The van der Waals surface area contributed by atoms with E-state index >= 15 is 0 Å². The van der Waals surface area contributed by atoms with Gasteiger partial charge in [0.15, 0.2) is 6.29 Å². The first kappa shape index (κ1) is 19.3. The predicted molar refractivity (Wildman–Crippen MR) is 94.5 cm³/mol. The molecule has 0 spiro atoms. The Hall–Kier alpha value is -2.42. The van der Waals surface area contributed by atoms with Crippen molar-refractivity contribution in [3.63, 3.8) is 0 Å². The Morgan fingerprint density at radius 2 is 1.78 bits per heavy atom. The van der Waals surface area contributed by atoms with E-state index in [1.807, 2.05) is 0 Å². The molecule has 1 fully saturated rings. The molecule has 27 heavy (non-hydrogen) atoms. The van der Waals surface area contributed by atoms with Crippen molar-refractivity contribution < 1.29 is 33.3 Å². The van der Waals surface area contributed by atoms with Crippen molar-refractivity contribution in [3.05, 3.63) is 45.2 Å². The van der Waals surface area contributed by atoms with E-state index in [9.17, 15) is 14.8 Å². The number of nitrogens with zero attached hydrogens (tertiary/aromatic N) is 1. The second kappa shape index (κ2) is 8.08. The van der Waals surface area contributed by atoms with Crippen LogP contribution in [-0.2, 0) is 18.9 Å². The Balaban J connectivity index is 2.22. The maximum Gasteiger partial charge on any atom is 0.405 e. The molecule has 0 atom stereocenters. The van der Waals surface area contributed by atoms with Crippen LogP contribution in [0.25, 0.3) is 10.9 Å². The fourth-order valence-electron chi connectivity index (χ4n) is 2.81. The number of carbonyl (C=O) groups is 2. The molecule has 2 aromatic rings. The van der Waals surface area contributed by atoms with Gasteiger partial charge in [0.25, 0.3) is 0 Å². The predicted octanol–water partition coefficient (Wildman–Crippen LogP) is 2.53. The Labute approximate surface area is 160 Å². The lowest BCUT2D eigenvalue weighted by Crippen LogP contribution is -2.39.